The van der Waals surface area contributed by atoms with Crippen LogP contribution in [0.1, 0.15) is 0 Å². The monoisotopic (exact) mass is 257 g/mol. The number of para-hydroxylation sites is 1. The second-order valence-electron chi connectivity index (χ2n) is 3.71. The third-order valence-corrected chi connectivity index (χ3v) is 4.42. The van der Waals surface area contributed by atoms with E-state index in [0.29, 0.717) is 6.26 Å². The van der Waals surface area contributed by atoms with Gasteiger partial charge in [0.15, 0.2) is 0 Å². The molecule has 0 saturated heterocycles. The van der Waals surface area contributed by atoms with E-state index in [4.69, 9.17) is 5.73 Å². The van der Waals surface area contributed by atoms with Gasteiger partial charge in [-0.1, -0.05) is 12.1 Å². The molecule has 2 nitrogen and oxygen atoms in total. The maximum Gasteiger partial charge on any atom is 0.401 e. The SMILES string of the molecule is CS(=O)(F)(CC(F)(F)F)c1ccccc1N. The minimum atomic E-state index is -5.47. The number of hydrogen-bond donors (Lipinski definition) is 1. The molecule has 0 spiro atoms. The second-order valence-corrected chi connectivity index (χ2v) is 7.25. The molecule has 1 aromatic rings. The first-order valence-electron chi connectivity index (χ1n) is 4.26. The van der Waals surface area contributed by atoms with Crippen LogP contribution >= 0.6 is 0 Å². The van der Waals surface area contributed by atoms with Gasteiger partial charge in [0, 0.05) is 11.9 Å². The van der Waals surface area contributed by atoms with Gasteiger partial charge in [0.2, 0.25) is 0 Å². The van der Waals surface area contributed by atoms with Crippen LogP contribution in [-0.4, -0.2) is 22.4 Å². The molecule has 7 heteroatoms. The Kier molecular flexibility index (Phi) is 2.79. The average Bonchev–Trinajstić information content (AvgIpc) is 1.98. The van der Waals surface area contributed by atoms with Crippen LogP contribution in [0.25, 0.3) is 0 Å². The van der Waals surface area contributed by atoms with E-state index in [9.17, 15) is 21.3 Å². The van der Waals surface area contributed by atoms with Crippen molar-refractivity contribution in [1.82, 2.24) is 0 Å². The summed E-state index contributed by atoms with van der Waals surface area (Å²) < 4.78 is 62.3. The maximum absolute atomic E-state index is 14.0. The lowest BCUT2D eigenvalue weighted by Gasteiger charge is -2.31. The number of alkyl halides is 3. The Balaban J connectivity index is 3.30. The van der Waals surface area contributed by atoms with Gasteiger partial charge in [-0.2, -0.15) is 17.1 Å². The van der Waals surface area contributed by atoms with E-state index >= 15 is 0 Å². The summed E-state index contributed by atoms with van der Waals surface area (Å²) >= 11 is 0. The Morgan fingerprint density at radius 1 is 1.31 bits per heavy atom. The molecule has 16 heavy (non-hydrogen) atoms. The number of anilines is 1. The number of nitrogens with two attached hydrogens (primary N) is 1. The lowest BCUT2D eigenvalue weighted by molar-refractivity contribution is -0.107. The summed E-state index contributed by atoms with van der Waals surface area (Å²) in [6.45, 7) is 0. The van der Waals surface area contributed by atoms with Crippen molar-refractivity contribution in [1.29, 1.82) is 0 Å². The smallest absolute Gasteiger partial charge is 0.398 e. The van der Waals surface area contributed by atoms with Gasteiger partial charge in [-0.3, -0.25) is 0 Å². The summed E-state index contributed by atoms with van der Waals surface area (Å²) in [5.74, 6) is -2.02. The molecule has 0 bridgehead atoms. The molecule has 92 valence electrons. The summed E-state index contributed by atoms with van der Waals surface area (Å²) in [5.41, 5.74) is 5.09. The van der Waals surface area contributed by atoms with Crippen LogP contribution < -0.4 is 5.73 Å². The van der Waals surface area contributed by atoms with E-state index in [-0.39, 0.29) is 5.69 Å². The first-order chi connectivity index (χ1) is 7.00. The van der Waals surface area contributed by atoms with E-state index in [2.05, 4.69) is 0 Å². The molecule has 0 heterocycles. The number of rotatable bonds is 2. The predicted molar refractivity (Wildman–Crippen MR) is 55.2 cm³/mol. The van der Waals surface area contributed by atoms with Gasteiger partial charge in [0.1, 0.15) is 5.75 Å². The molecule has 0 aliphatic rings. The van der Waals surface area contributed by atoms with Crippen LogP contribution in [0.15, 0.2) is 29.2 Å². The van der Waals surface area contributed by atoms with E-state index < -0.39 is 26.3 Å². The van der Waals surface area contributed by atoms with Crippen molar-refractivity contribution in [3.63, 3.8) is 0 Å². The highest BCUT2D eigenvalue weighted by atomic mass is 32.3. The quantitative estimate of drug-likeness (QED) is 0.502. The number of benzene rings is 1. The highest BCUT2D eigenvalue weighted by molar-refractivity contribution is 8.15. The van der Waals surface area contributed by atoms with Crippen molar-refractivity contribution in [2.75, 3.05) is 17.7 Å². The van der Waals surface area contributed by atoms with Crippen molar-refractivity contribution in [3.05, 3.63) is 24.3 Å². The van der Waals surface area contributed by atoms with E-state index in [1.807, 2.05) is 0 Å². The topological polar surface area (TPSA) is 43.1 Å². The molecule has 0 unspecified atom stereocenters. The predicted octanol–water partition coefficient (Wildman–Crippen LogP) is 2.52. The third-order valence-electron chi connectivity index (χ3n) is 1.96. The first-order valence-corrected chi connectivity index (χ1v) is 6.70. The normalized spacial score (nSPS) is 15.4. The summed E-state index contributed by atoms with van der Waals surface area (Å²) in [7, 11) is -5.47. The van der Waals surface area contributed by atoms with Crippen LogP contribution in [0.4, 0.5) is 22.7 Å². The molecule has 0 saturated carbocycles. The van der Waals surface area contributed by atoms with Crippen molar-refractivity contribution < 1.29 is 21.3 Å². The fraction of sp³-hybridized carbons (Fsp3) is 0.333. The van der Waals surface area contributed by atoms with Crippen molar-refractivity contribution in [3.8, 4) is 0 Å². The molecular weight excluding hydrogens is 246 g/mol. The maximum atomic E-state index is 14.0. The zero-order valence-corrected chi connectivity index (χ0v) is 9.24. The van der Waals surface area contributed by atoms with Crippen molar-refractivity contribution >= 4 is 15.1 Å². The summed E-state index contributed by atoms with van der Waals surface area (Å²) in [6, 6.07) is 4.94. The van der Waals surface area contributed by atoms with Gasteiger partial charge in [-0.15, -0.1) is 0 Å². The Labute approximate surface area is 90.1 Å². The molecule has 0 atom stereocenters. The summed E-state index contributed by atoms with van der Waals surface area (Å²) in [6.07, 6.45) is -4.40. The summed E-state index contributed by atoms with van der Waals surface area (Å²) in [4.78, 5) is -0.586. The van der Waals surface area contributed by atoms with Gasteiger partial charge < -0.3 is 5.73 Å². The van der Waals surface area contributed by atoms with E-state index in [0.717, 1.165) is 6.07 Å². The van der Waals surface area contributed by atoms with Gasteiger partial charge >= 0.3 is 6.18 Å². The van der Waals surface area contributed by atoms with Gasteiger partial charge in [-0.05, 0) is 12.1 Å². The zero-order chi connectivity index (χ0) is 12.6. The molecule has 0 aromatic heterocycles. The fourth-order valence-corrected chi connectivity index (χ4v) is 3.37. The highest BCUT2D eigenvalue weighted by Gasteiger charge is 2.46. The largest absolute Gasteiger partial charge is 0.401 e. The van der Waals surface area contributed by atoms with E-state index in [1.54, 1.807) is 0 Å². The van der Waals surface area contributed by atoms with Crippen LogP contribution in [-0.2, 0) is 9.45 Å². The fourth-order valence-electron chi connectivity index (χ4n) is 1.40. The molecule has 0 amide bonds. The molecule has 1 aromatic carbocycles. The third kappa shape index (κ3) is 2.94. The molecule has 1 rings (SSSR count). The van der Waals surface area contributed by atoms with Crippen LogP contribution in [0, 0.1) is 0 Å². The van der Waals surface area contributed by atoms with E-state index in [1.165, 1.54) is 18.2 Å². The van der Waals surface area contributed by atoms with Crippen LogP contribution in [0.5, 0.6) is 0 Å². The Morgan fingerprint density at radius 3 is 2.25 bits per heavy atom. The number of nitrogen functional groups attached to an aromatic ring is 1. The minimum absolute atomic E-state index is 0.242. The molecule has 0 radical (unpaired) electrons. The molecular formula is C9H11F4NOS. The Bertz CT molecular complexity index is 463. The standard InChI is InChI=1S/C9H11F4NOS/c1-16(13,15,6-9(10,11)12)8-5-3-2-4-7(8)14/h2-5H,6,14H2,1H3. The molecule has 0 aliphatic heterocycles. The van der Waals surface area contributed by atoms with Crippen molar-refractivity contribution in [2.24, 2.45) is 0 Å². The number of halogens is 4. The molecule has 0 fully saturated rings. The lowest BCUT2D eigenvalue weighted by Crippen LogP contribution is -2.38. The van der Waals surface area contributed by atoms with Crippen LogP contribution in [0.3, 0.4) is 0 Å². The Morgan fingerprint density at radius 2 is 1.81 bits per heavy atom. The van der Waals surface area contributed by atoms with Gasteiger partial charge in [-0.25, -0.2) is 4.21 Å². The molecule has 2 N–H and O–H groups in total. The Hall–Kier alpha value is -1.11. The zero-order valence-electron chi connectivity index (χ0n) is 8.42. The summed E-state index contributed by atoms with van der Waals surface area (Å²) in [5, 5.41) is 0. The minimum Gasteiger partial charge on any atom is -0.398 e. The first kappa shape index (κ1) is 13.0. The average molecular weight is 257 g/mol. The lowest BCUT2D eigenvalue weighted by atomic mass is 10.3. The highest BCUT2D eigenvalue weighted by Crippen LogP contribution is 2.42. The number of hydrogen-bond acceptors (Lipinski definition) is 2. The second kappa shape index (κ2) is 3.44. The van der Waals surface area contributed by atoms with Crippen LogP contribution in [0.2, 0.25) is 0 Å². The molecule has 0 aliphatic carbocycles. The van der Waals surface area contributed by atoms with Crippen molar-refractivity contribution in [2.45, 2.75) is 11.1 Å². The van der Waals surface area contributed by atoms with Gasteiger partial charge in [0.05, 0.1) is 14.3 Å². The van der Waals surface area contributed by atoms with Gasteiger partial charge in [0.25, 0.3) is 0 Å².